The Morgan fingerprint density at radius 1 is 1.06 bits per heavy atom. The Balaban J connectivity index is 0. The summed E-state index contributed by atoms with van der Waals surface area (Å²) in [4.78, 5) is 40.8. The normalized spacial score (nSPS) is 11.6. The maximum absolute atomic E-state index is 10.5. The van der Waals surface area contributed by atoms with Gasteiger partial charge in [0.25, 0.3) is 0 Å². The molecular formula is C19H33N5O8. The lowest BCUT2D eigenvalue weighted by molar-refractivity contribution is -0.140. The second-order valence-corrected chi connectivity index (χ2v) is 6.75. The number of nitrogens with one attached hydrogen (secondary N) is 1. The largest absolute Gasteiger partial charge is 0.495 e. The van der Waals surface area contributed by atoms with Gasteiger partial charge < -0.3 is 48.3 Å². The highest BCUT2D eigenvalue weighted by atomic mass is 16.5. The molecule has 0 fully saturated rings. The minimum Gasteiger partial charge on any atom is -0.495 e. The molecule has 12 N–H and O–H groups in total. The van der Waals surface area contributed by atoms with Crippen molar-refractivity contribution < 1.29 is 39.2 Å². The van der Waals surface area contributed by atoms with Gasteiger partial charge in [0.2, 0.25) is 0 Å². The van der Waals surface area contributed by atoms with Gasteiger partial charge in [-0.25, -0.2) is 9.59 Å². The molecule has 0 spiro atoms. The smallest absolute Gasteiger partial charge is 0.335 e. The summed E-state index contributed by atoms with van der Waals surface area (Å²) in [5, 5.41) is 27.5. The highest BCUT2D eigenvalue weighted by Gasteiger charge is 2.14. The molecule has 0 aliphatic carbocycles. The van der Waals surface area contributed by atoms with Gasteiger partial charge in [0.05, 0.1) is 18.4 Å². The van der Waals surface area contributed by atoms with E-state index in [2.05, 4.69) is 5.32 Å². The van der Waals surface area contributed by atoms with Crippen LogP contribution >= 0.6 is 0 Å². The highest BCUT2D eigenvalue weighted by molar-refractivity contribution is 5.89. The lowest BCUT2D eigenvalue weighted by Gasteiger charge is -2.07. The predicted octanol–water partition coefficient (Wildman–Crippen LogP) is -0.123. The van der Waals surface area contributed by atoms with Gasteiger partial charge in [0.15, 0.2) is 0 Å². The molecule has 0 saturated heterocycles. The molecule has 182 valence electrons. The number of hydrogen-bond acceptors (Lipinski definition) is 8. The number of aromatic carboxylic acids is 1. The number of nitrogen functional groups attached to an aromatic ring is 1. The summed E-state index contributed by atoms with van der Waals surface area (Å²) < 4.78 is 4.85. The lowest BCUT2D eigenvalue weighted by Crippen LogP contribution is -2.34. The third kappa shape index (κ3) is 14.4. The van der Waals surface area contributed by atoms with E-state index in [1.807, 2.05) is 0 Å². The fourth-order valence-corrected chi connectivity index (χ4v) is 1.79. The average Bonchev–Trinajstić information content (AvgIpc) is 2.71. The van der Waals surface area contributed by atoms with E-state index in [0.29, 0.717) is 30.8 Å². The second-order valence-electron chi connectivity index (χ2n) is 6.75. The third-order valence-corrected chi connectivity index (χ3v) is 3.79. The Bertz CT molecular complexity index is 757. The minimum absolute atomic E-state index is 0.0208. The zero-order valence-corrected chi connectivity index (χ0v) is 18.3. The van der Waals surface area contributed by atoms with E-state index >= 15 is 0 Å². The Hall–Kier alpha value is -3.58. The van der Waals surface area contributed by atoms with Crippen LogP contribution in [0.25, 0.3) is 0 Å². The zero-order chi connectivity index (χ0) is 25.4. The molecule has 2 amide bonds. The van der Waals surface area contributed by atoms with Crippen molar-refractivity contribution in [3.05, 3.63) is 23.8 Å². The monoisotopic (exact) mass is 459 g/mol. The van der Waals surface area contributed by atoms with Gasteiger partial charge in [-0.05, 0) is 37.0 Å². The van der Waals surface area contributed by atoms with Gasteiger partial charge in [0.1, 0.15) is 17.8 Å². The molecule has 0 bridgehead atoms. The number of amides is 2. The molecule has 0 radical (unpaired) electrons. The van der Waals surface area contributed by atoms with E-state index in [-0.39, 0.29) is 11.5 Å². The van der Waals surface area contributed by atoms with Crippen LogP contribution in [-0.4, -0.2) is 65.0 Å². The lowest BCUT2D eigenvalue weighted by atomic mass is 10.1. The number of anilines is 1. The summed E-state index contributed by atoms with van der Waals surface area (Å²) in [7, 11) is 1.44. The average molecular weight is 460 g/mol. The first kappa shape index (κ1) is 30.6. The van der Waals surface area contributed by atoms with E-state index in [9.17, 15) is 19.2 Å². The third-order valence-electron chi connectivity index (χ3n) is 3.79. The van der Waals surface area contributed by atoms with E-state index in [1.165, 1.54) is 25.3 Å². The first-order chi connectivity index (χ1) is 14.7. The maximum atomic E-state index is 10.5. The second kappa shape index (κ2) is 16.2. The van der Waals surface area contributed by atoms with Crippen molar-refractivity contribution in [2.75, 3.05) is 19.4 Å². The van der Waals surface area contributed by atoms with E-state index in [4.69, 9.17) is 43.0 Å². The zero-order valence-electron chi connectivity index (χ0n) is 18.3. The quantitative estimate of drug-likeness (QED) is 0.178. The summed E-state index contributed by atoms with van der Waals surface area (Å²) >= 11 is 0. The number of carbonyl (C=O) groups is 4. The first-order valence-electron chi connectivity index (χ1n) is 9.41. The van der Waals surface area contributed by atoms with Crippen LogP contribution in [0.3, 0.4) is 0 Å². The standard InChI is InChI=1S/C8H9NO3.C6H13N3O3.C5H11NO2/c1-12-7-4-5(8(10)11)2-3-6(7)9;7-4(5(10)11)2-1-3-9-6(8)12;1-3(2)4(6)5(7)8/h2-4H,9H2,1H3,(H,10,11);4H,1-3,7H2,(H,10,11)(H3,8,9,12);3-4H,6H2,1-2H3,(H,7,8)/t;2*4-/m.00/s1. The van der Waals surface area contributed by atoms with Crippen LogP contribution in [0.15, 0.2) is 18.2 Å². The van der Waals surface area contributed by atoms with Crippen LogP contribution in [0.4, 0.5) is 10.5 Å². The summed E-state index contributed by atoms with van der Waals surface area (Å²) in [5.74, 6) is -2.55. The van der Waals surface area contributed by atoms with Crippen LogP contribution < -0.4 is 33.0 Å². The number of nitrogens with two attached hydrogens (primary N) is 4. The molecule has 0 aromatic heterocycles. The molecule has 2 atom stereocenters. The number of primary amides is 1. The first-order valence-corrected chi connectivity index (χ1v) is 9.41. The molecule has 0 unspecified atom stereocenters. The molecule has 32 heavy (non-hydrogen) atoms. The van der Waals surface area contributed by atoms with Crippen molar-refractivity contribution in [1.82, 2.24) is 5.32 Å². The minimum atomic E-state index is -1.03. The number of carboxylic acids is 3. The fourth-order valence-electron chi connectivity index (χ4n) is 1.79. The number of carbonyl (C=O) groups excluding carboxylic acids is 1. The van der Waals surface area contributed by atoms with E-state index in [0.717, 1.165) is 0 Å². The summed E-state index contributed by atoms with van der Waals surface area (Å²) in [6, 6.07) is 2.13. The number of hydrogen-bond donors (Lipinski definition) is 8. The molecule has 1 rings (SSSR count). The van der Waals surface area contributed by atoms with Gasteiger partial charge >= 0.3 is 23.9 Å². The van der Waals surface area contributed by atoms with Crippen LogP contribution in [0, 0.1) is 5.92 Å². The summed E-state index contributed by atoms with van der Waals surface area (Å²) in [6.45, 7) is 3.91. The maximum Gasteiger partial charge on any atom is 0.335 e. The summed E-state index contributed by atoms with van der Waals surface area (Å²) in [6.07, 6.45) is 0.839. The highest BCUT2D eigenvalue weighted by Crippen LogP contribution is 2.21. The van der Waals surface area contributed by atoms with E-state index in [1.54, 1.807) is 13.8 Å². The van der Waals surface area contributed by atoms with Gasteiger partial charge in [-0.1, -0.05) is 13.8 Å². The van der Waals surface area contributed by atoms with Gasteiger partial charge in [-0.3, -0.25) is 9.59 Å². The number of rotatable bonds is 9. The molecule has 0 heterocycles. The van der Waals surface area contributed by atoms with Crippen LogP contribution in [0.5, 0.6) is 5.75 Å². The van der Waals surface area contributed by atoms with Crippen LogP contribution in [0.1, 0.15) is 37.0 Å². The van der Waals surface area contributed by atoms with Crippen molar-refractivity contribution in [1.29, 1.82) is 0 Å². The predicted molar refractivity (Wildman–Crippen MR) is 117 cm³/mol. The summed E-state index contributed by atoms with van der Waals surface area (Å²) in [5.41, 5.74) is 21.2. The number of benzene rings is 1. The number of ether oxygens (including phenoxy) is 1. The molecule has 0 aliphatic rings. The molecule has 1 aromatic carbocycles. The topological polar surface area (TPSA) is 254 Å². The Labute approximate surface area is 185 Å². The Morgan fingerprint density at radius 2 is 1.62 bits per heavy atom. The Morgan fingerprint density at radius 3 is 1.97 bits per heavy atom. The van der Waals surface area contributed by atoms with Crippen LogP contribution in [-0.2, 0) is 9.59 Å². The molecule has 0 saturated carbocycles. The van der Waals surface area contributed by atoms with Crippen molar-refractivity contribution in [2.24, 2.45) is 23.1 Å². The molecule has 1 aromatic rings. The number of aliphatic carboxylic acids is 2. The number of carboxylic acid groups (broad SMARTS) is 3. The van der Waals surface area contributed by atoms with Gasteiger partial charge in [-0.15, -0.1) is 0 Å². The van der Waals surface area contributed by atoms with Crippen molar-refractivity contribution in [2.45, 2.75) is 38.8 Å². The van der Waals surface area contributed by atoms with Crippen molar-refractivity contribution in [3.8, 4) is 5.75 Å². The number of methoxy groups -OCH3 is 1. The fraction of sp³-hybridized carbons (Fsp3) is 0.474. The SMILES string of the molecule is CC(C)[C@H](N)C(=O)O.COc1cc(C(=O)O)ccc1N.NC(=O)NCCC[C@H](N)C(=O)O. The van der Waals surface area contributed by atoms with E-state index < -0.39 is 36.0 Å². The van der Waals surface area contributed by atoms with Gasteiger partial charge in [-0.2, -0.15) is 0 Å². The molecule has 13 nitrogen and oxygen atoms in total. The Kier molecular flexibility index (Phi) is 15.5. The number of urea groups is 1. The molecular weight excluding hydrogens is 426 g/mol. The van der Waals surface area contributed by atoms with Gasteiger partial charge in [0, 0.05) is 6.54 Å². The molecule has 0 aliphatic heterocycles. The van der Waals surface area contributed by atoms with Crippen molar-refractivity contribution in [3.63, 3.8) is 0 Å². The van der Waals surface area contributed by atoms with Crippen molar-refractivity contribution >= 4 is 29.6 Å². The molecule has 13 heteroatoms. The van der Waals surface area contributed by atoms with Crippen LogP contribution in [0.2, 0.25) is 0 Å².